The Hall–Kier alpha value is -3.72. The number of aromatic nitrogens is 1. The maximum absolute atomic E-state index is 11.7. The normalized spacial score (nSPS) is 13.4. The van der Waals surface area contributed by atoms with Gasteiger partial charge in [-0.3, -0.25) is 24.7 Å². The minimum absolute atomic E-state index is 0.0211. The van der Waals surface area contributed by atoms with Crippen LogP contribution in [0.5, 0.6) is 5.75 Å². The molecule has 31 heavy (non-hydrogen) atoms. The van der Waals surface area contributed by atoms with E-state index in [2.05, 4.69) is 15.6 Å². The number of rotatable bonds is 5. The zero-order valence-electron chi connectivity index (χ0n) is 17.5. The Morgan fingerprint density at radius 1 is 1.39 bits per heavy atom. The third-order valence-electron chi connectivity index (χ3n) is 5.04. The average molecular weight is 424 g/mol. The zero-order chi connectivity index (χ0) is 22.5. The molecule has 0 saturated heterocycles. The van der Waals surface area contributed by atoms with E-state index in [4.69, 9.17) is 4.42 Å². The summed E-state index contributed by atoms with van der Waals surface area (Å²) in [5.41, 5.74) is 3.77. The van der Waals surface area contributed by atoms with Crippen LogP contribution in [0.1, 0.15) is 40.2 Å². The standard InChI is InChI=1S/C11H11N3O3.C11H13NO2/c1-12-10(11(16)14-6-15)9-5-7-8(17-9)3-2-4-13-7;1-3-8-9(13)5-4-7-6-12(2)11(14)10(7)8/h2-6,10,12H,1H3,(H,14,15,16);4-5,13H,3,6H2,1-2H3. The Balaban J connectivity index is 0.000000179. The van der Waals surface area contributed by atoms with Gasteiger partial charge in [-0.1, -0.05) is 13.0 Å². The molecule has 3 heterocycles. The molecule has 162 valence electrons. The number of nitrogens with one attached hydrogen (secondary N) is 2. The maximum atomic E-state index is 11.7. The highest BCUT2D eigenvalue weighted by Gasteiger charge is 2.28. The Bertz CT molecular complexity index is 1090. The number of furan rings is 1. The number of hydrogen-bond acceptors (Lipinski definition) is 7. The molecular formula is C22H24N4O5. The summed E-state index contributed by atoms with van der Waals surface area (Å²) in [4.78, 5) is 39.3. The van der Waals surface area contributed by atoms with Gasteiger partial charge < -0.3 is 19.7 Å². The summed E-state index contributed by atoms with van der Waals surface area (Å²) in [5, 5.41) is 14.5. The smallest absolute Gasteiger partial charge is 0.254 e. The van der Waals surface area contributed by atoms with Crippen LogP contribution in [0.2, 0.25) is 0 Å². The summed E-state index contributed by atoms with van der Waals surface area (Å²) in [6.45, 7) is 2.60. The predicted octanol–water partition coefficient (Wildman–Crippen LogP) is 1.90. The molecule has 0 saturated carbocycles. The first-order valence-electron chi connectivity index (χ1n) is 9.76. The highest BCUT2D eigenvalue weighted by atomic mass is 16.3. The van der Waals surface area contributed by atoms with Crippen molar-refractivity contribution in [3.63, 3.8) is 0 Å². The summed E-state index contributed by atoms with van der Waals surface area (Å²) >= 11 is 0. The molecule has 9 heteroatoms. The van der Waals surface area contributed by atoms with Crippen molar-refractivity contribution in [3.05, 3.63) is 59.0 Å². The Morgan fingerprint density at radius 2 is 2.16 bits per heavy atom. The average Bonchev–Trinajstić information content (AvgIpc) is 3.30. The van der Waals surface area contributed by atoms with Crippen molar-refractivity contribution in [1.29, 1.82) is 0 Å². The van der Waals surface area contributed by atoms with Gasteiger partial charge in [0.25, 0.3) is 11.8 Å². The van der Waals surface area contributed by atoms with E-state index in [0.29, 0.717) is 41.8 Å². The SMILES string of the molecule is CCc1c(O)ccc2c1C(=O)N(C)C2.CNC(C(=O)NC=O)c1cc2ncccc2o1. The third-order valence-corrected chi connectivity index (χ3v) is 5.04. The number of pyridine rings is 1. The molecule has 0 fully saturated rings. The molecule has 0 spiro atoms. The predicted molar refractivity (Wildman–Crippen MR) is 113 cm³/mol. The van der Waals surface area contributed by atoms with Gasteiger partial charge in [0.05, 0.1) is 5.56 Å². The maximum Gasteiger partial charge on any atom is 0.254 e. The number of carbonyl (C=O) groups is 3. The highest BCUT2D eigenvalue weighted by Crippen LogP contribution is 2.31. The van der Waals surface area contributed by atoms with Crippen LogP contribution in [0.4, 0.5) is 0 Å². The van der Waals surface area contributed by atoms with Gasteiger partial charge in [-0.15, -0.1) is 0 Å². The van der Waals surface area contributed by atoms with E-state index in [1.807, 2.05) is 13.0 Å². The number of likely N-dealkylation sites (N-methyl/N-ethyl adjacent to an activating group) is 1. The fourth-order valence-electron chi connectivity index (χ4n) is 3.53. The van der Waals surface area contributed by atoms with Gasteiger partial charge in [0.2, 0.25) is 6.41 Å². The Kier molecular flexibility index (Phi) is 6.66. The topological polar surface area (TPSA) is 125 Å². The highest BCUT2D eigenvalue weighted by molar-refractivity contribution is 6.00. The number of nitrogens with zero attached hydrogens (tertiary/aromatic N) is 2. The van der Waals surface area contributed by atoms with Gasteiger partial charge >= 0.3 is 0 Å². The van der Waals surface area contributed by atoms with Crippen LogP contribution in [0, 0.1) is 0 Å². The van der Waals surface area contributed by atoms with Gasteiger partial charge in [0, 0.05) is 31.4 Å². The summed E-state index contributed by atoms with van der Waals surface area (Å²) in [6.07, 6.45) is 2.67. The Labute approximate surface area is 179 Å². The number of aromatic hydroxyl groups is 1. The van der Waals surface area contributed by atoms with Crippen LogP contribution in [0.15, 0.2) is 40.9 Å². The summed E-state index contributed by atoms with van der Waals surface area (Å²) < 4.78 is 5.49. The lowest BCUT2D eigenvalue weighted by molar-refractivity contribution is -0.127. The molecule has 2 aromatic heterocycles. The molecule has 1 aliphatic heterocycles. The van der Waals surface area contributed by atoms with E-state index in [1.165, 1.54) is 0 Å². The van der Waals surface area contributed by atoms with Crippen LogP contribution in [0.3, 0.4) is 0 Å². The number of benzene rings is 1. The molecule has 0 aliphatic carbocycles. The van der Waals surface area contributed by atoms with Gasteiger partial charge in [-0.25, -0.2) is 0 Å². The lowest BCUT2D eigenvalue weighted by Crippen LogP contribution is -2.34. The first-order chi connectivity index (χ1) is 14.9. The molecule has 1 aliphatic rings. The van der Waals surface area contributed by atoms with Crippen LogP contribution in [0.25, 0.3) is 11.1 Å². The fraction of sp³-hybridized carbons (Fsp3) is 0.273. The van der Waals surface area contributed by atoms with Gasteiger partial charge in [-0.2, -0.15) is 0 Å². The van der Waals surface area contributed by atoms with Crippen LogP contribution >= 0.6 is 0 Å². The summed E-state index contributed by atoms with van der Waals surface area (Å²) in [7, 11) is 3.38. The number of carbonyl (C=O) groups excluding carboxylic acids is 3. The number of fused-ring (bicyclic) bond motifs is 2. The molecular weight excluding hydrogens is 400 g/mol. The van der Waals surface area contributed by atoms with Gasteiger partial charge in [-0.05, 0) is 37.2 Å². The van der Waals surface area contributed by atoms with E-state index in [9.17, 15) is 19.5 Å². The molecule has 0 radical (unpaired) electrons. The van der Waals surface area contributed by atoms with Crippen molar-refractivity contribution in [3.8, 4) is 5.75 Å². The molecule has 3 amide bonds. The molecule has 3 N–H and O–H groups in total. The molecule has 9 nitrogen and oxygen atoms in total. The first-order valence-corrected chi connectivity index (χ1v) is 9.76. The summed E-state index contributed by atoms with van der Waals surface area (Å²) in [6, 6.07) is 7.96. The molecule has 1 aromatic carbocycles. The molecule has 1 unspecified atom stereocenters. The van der Waals surface area contributed by atoms with Gasteiger partial charge in [0.15, 0.2) is 5.58 Å². The Morgan fingerprint density at radius 3 is 2.81 bits per heavy atom. The minimum atomic E-state index is -0.714. The number of phenolic OH excluding ortho intramolecular Hbond substituents is 1. The van der Waals surface area contributed by atoms with Gasteiger partial charge in [0.1, 0.15) is 23.1 Å². The zero-order valence-corrected chi connectivity index (χ0v) is 17.5. The number of amides is 3. The van der Waals surface area contributed by atoms with Crippen LogP contribution < -0.4 is 10.6 Å². The quantitative estimate of drug-likeness (QED) is 0.534. The fourth-order valence-corrected chi connectivity index (χ4v) is 3.53. The number of hydrogen-bond donors (Lipinski definition) is 3. The molecule has 1 atom stereocenters. The van der Waals surface area contributed by atoms with E-state index >= 15 is 0 Å². The first kappa shape index (κ1) is 22.0. The van der Waals surface area contributed by atoms with Crippen molar-refractivity contribution in [2.75, 3.05) is 14.1 Å². The minimum Gasteiger partial charge on any atom is -0.508 e. The molecule has 0 bridgehead atoms. The second-order valence-corrected chi connectivity index (χ2v) is 7.00. The second-order valence-electron chi connectivity index (χ2n) is 7.00. The lowest BCUT2D eigenvalue weighted by atomic mass is 10.0. The van der Waals surface area contributed by atoms with Crippen molar-refractivity contribution in [2.24, 2.45) is 0 Å². The van der Waals surface area contributed by atoms with Crippen molar-refractivity contribution < 1.29 is 23.9 Å². The molecule has 3 aromatic rings. The van der Waals surface area contributed by atoms with Crippen molar-refractivity contribution in [2.45, 2.75) is 25.9 Å². The van der Waals surface area contributed by atoms with Crippen molar-refractivity contribution in [1.82, 2.24) is 20.5 Å². The number of imide groups is 1. The largest absolute Gasteiger partial charge is 0.508 e. The van der Waals surface area contributed by atoms with Crippen LogP contribution in [-0.2, 0) is 22.6 Å². The second kappa shape index (κ2) is 9.40. The monoisotopic (exact) mass is 424 g/mol. The van der Waals surface area contributed by atoms with Crippen molar-refractivity contribution >= 4 is 29.3 Å². The van der Waals surface area contributed by atoms with E-state index in [-0.39, 0.29) is 11.7 Å². The molecule has 4 rings (SSSR count). The van der Waals surface area contributed by atoms with E-state index in [1.54, 1.807) is 49.5 Å². The summed E-state index contributed by atoms with van der Waals surface area (Å²) in [5.74, 6) is 0.199. The van der Waals surface area contributed by atoms with E-state index < -0.39 is 11.9 Å². The number of phenols is 1. The van der Waals surface area contributed by atoms with Crippen LogP contribution in [-0.4, -0.2) is 47.3 Å². The lowest BCUT2D eigenvalue weighted by Gasteiger charge is -2.10. The third kappa shape index (κ3) is 4.41. The van der Waals surface area contributed by atoms with E-state index in [0.717, 1.165) is 11.1 Å².